The summed E-state index contributed by atoms with van der Waals surface area (Å²) in [5, 5.41) is 0. The van der Waals surface area contributed by atoms with Crippen LogP contribution in [0.4, 0.5) is 4.79 Å². The van der Waals surface area contributed by atoms with Crippen molar-refractivity contribution in [1.29, 1.82) is 0 Å². The molecular weight excluding hydrogens is 85.7 g/mol. The molecule has 0 aromatic heterocycles. The van der Waals surface area contributed by atoms with E-state index in [1.807, 2.05) is 20.5 Å². The summed E-state index contributed by atoms with van der Waals surface area (Å²) in [6.45, 7) is 5.96. The highest BCUT2D eigenvalue weighted by atomic mass is 16.1. The lowest BCUT2D eigenvalue weighted by Gasteiger charge is -1.90. The largest absolute Gasteiger partial charge is 0.322 e. The summed E-state index contributed by atoms with van der Waals surface area (Å²) in [4.78, 5) is 10.5. The van der Waals surface area contributed by atoms with Gasteiger partial charge >= 0.3 is 0 Å². The molecule has 0 bridgehead atoms. The molecule has 0 radical (unpaired) electrons. The fraction of sp³-hybridized carbons (Fsp3) is 0.750. The highest BCUT2D eigenvalue weighted by molar-refractivity contribution is 7.10. The molecular formula is C4H10B2O. The molecule has 1 nitrogen and oxygen atoms in total. The van der Waals surface area contributed by atoms with Crippen molar-refractivity contribution in [2.24, 2.45) is 0 Å². The Kier molecular flexibility index (Phi) is 2.81. The fourth-order valence-corrected chi connectivity index (χ4v) is 0.408. The van der Waals surface area contributed by atoms with Gasteiger partial charge in [0.15, 0.2) is 7.28 Å². The van der Waals surface area contributed by atoms with Gasteiger partial charge in [-0.3, -0.25) is 0 Å². The van der Waals surface area contributed by atoms with Crippen LogP contribution < -0.4 is 0 Å². The van der Waals surface area contributed by atoms with Gasteiger partial charge in [-0.2, -0.15) is 0 Å². The molecule has 0 saturated carbocycles. The van der Waals surface area contributed by atoms with E-state index in [0.29, 0.717) is 12.9 Å². The van der Waals surface area contributed by atoms with E-state index < -0.39 is 0 Å². The molecule has 7 heavy (non-hydrogen) atoms. The van der Waals surface area contributed by atoms with Crippen LogP contribution in [0.15, 0.2) is 0 Å². The minimum Gasteiger partial charge on any atom is -0.322 e. The zero-order valence-corrected chi connectivity index (χ0v) is 5.19. The van der Waals surface area contributed by atoms with Crippen LogP contribution in [0.1, 0.15) is 0 Å². The predicted octanol–water partition coefficient (Wildman–Crippen LogP) is 0.927. The third kappa shape index (κ3) is 2.49. The third-order valence-corrected chi connectivity index (χ3v) is 0.992. The minimum atomic E-state index is 0.227. The lowest BCUT2D eigenvalue weighted by molar-refractivity contribution is 0.273. The molecule has 0 aromatic rings. The predicted molar refractivity (Wildman–Crippen MR) is 35.9 cm³/mol. The first-order chi connectivity index (χ1) is 3.18. The summed E-state index contributed by atoms with van der Waals surface area (Å²) >= 11 is 0. The summed E-state index contributed by atoms with van der Waals surface area (Å²) < 4.78 is 0. The SMILES string of the molecule is CBC(=O)B(C)C. The second kappa shape index (κ2) is 2.89. The van der Waals surface area contributed by atoms with Crippen molar-refractivity contribution < 1.29 is 4.79 Å². The maximum Gasteiger partial charge on any atom is 0.203 e. The average Bonchev–Trinajstić information content (AvgIpc) is 1.65. The van der Waals surface area contributed by atoms with Crippen molar-refractivity contribution >= 4 is 19.6 Å². The van der Waals surface area contributed by atoms with E-state index in [1.165, 1.54) is 0 Å². The Labute approximate surface area is 45.8 Å². The quantitative estimate of drug-likeness (QED) is 0.467. The van der Waals surface area contributed by atoms with Crippen molar-refractivity contribution in [3.63, 3.8) is 0 Å². The maximum atomic E-state index is 10.5. The van der Waals surface area contributed by atoms with Gasteiger partial charge in [0.2, 0.25) is 6.71 Å². The van der Waals surface area contributed by atoms with Crippen LogP contribution in [0.5, 0.6) is 0 Å². The van der Waals surface area contributed by atoms with E-state index in [-0.39, 0.29) is 6.71 Å². The molecule has 38 valence electrons. The Bertz CT molecular complexity index is 70.1. The minimum absolute atomic E-state index is 0.227. The first kappa shape index (κ1) is 6.80. The summed E-state index contributed by atoms with van der Waals surface area (Å²) in [5.74, 6) is 0. The summed E-state index contributed by atoms with van der Waals surface area (Å²) in [5.41, 5.74) is 0.347. The molecule has 3 heteroatoms. The number of rotatable bonds is 2. The van der Waals surface area contributed by atoms with E-state index in [4.69, 9.17) is 0 Å². The number of carbonyl (C=O) groups excluding carboxylic acids is 1. The van der Waals surface area contributed by atoms with Crippen LogP contribution in [-0.4, -0.2) is 19.6 Å². The summed E-state index contributed by atoms with van der Waals surface area (Å²) in [7, 11) is 0.678. The van der Waals surface area contributed by atoms with Gasteiger partial charge in [-0.15, -0.1) is 0 Å². The third-order valence-electron chi connectivity index (χ3n) is 0.992. The monoisotopic (exact) mass is 96.1 g/mol. The molecule has 0 atom stereocenters. The molecule has 0 heterocycles. The fourth-order valence-electron chi connectivity index (χ4n) is 0.408. The van der Waals surface area contributed by atoms with E-state index in [9.17, 15) is 4.79 Å². The normalized spacial score (nSPS) is 7.86. The molecule has 0 unspecified atom stereocenters. The average molecular weight is 95.7 g/mol. The Morgan fingerprint density at radius 1 is 1.57 bits per heavy atom. The Morgan fingerprint density at radius 3 is 2.00 bits per heavy atom. The van der Waals surface area contributed by atoms with Crippen LogP contribution in [0.3, 0.4) is 0 Å². The molecule has 0 saturated heterocycles. The number of carbonyl (C=O) groups is 1. The lowest BCUT2D eigenvalue weighted by atomic mass is 9.40. The highest BCUT2D eigenvalue weighted by Gasteiger charge is 2.06. The first-order valence-electron chi connectivity index (χ1n) is 2.71. The molecule has 0 spiro atoms. The van der Waals surface area contributed by atoms with Gasteiger partial charge < -0.3 is 4.79 Å². The van der Waals surface area contributed by atoms with E-state index in [0.717, 1.165) is 0 Å². The topological polar surface area (TPSA) is 17.1 Å². The van der Waals surface area contributed by atoms with Gasteiger partial charge in [-0.1, -0.05) is 20.5 Å². The standard InChI is InChI=1S/C4H10B2O/c1-5-4(7)6(2)3/h5H,1-3H3. The Hall–Kier alpha value is -0.200. The van der Waals surface area contributed by atoms with Gasteiger partial charge in [0, 0.05) is 0 Å². The second-order valence-corrected chi connectivity index (χ2v) is 1.97. The first-order valence-corrected chi connectivity index (χ1v) is 2.71. The van der Waals surface area contributed by atoms with Gasteiger partial charge in [0.1, 0.15) is 0 Å². The van der Waals surface area contributed by atoms with Crippen LogP contribution in [0, 0.1) is 0 Å². The molecule has 0 aromatic carbocycles. The molecule has 0 N–H and O–H groups in total. The molecule has 0 aliphatic rings. The summed E-state index contributed by atoms with van der Waals surface area (Å²) in [6, 6.07) is 0. The second-order valence-electron chi connectivity index (χ2n) is 1.97. The Balaban J connectivity index is 3.35. The molecule has 0 fully saturated rings. The molecule has 0 aliphatic carbocycles. The van der Waals surface area contributed by atoms with Crippen LogP contribution in [-0.2, 0) is 0 Å². The zero-order chi connectivity index (χ0) is 5.86. The molecule has 0 rings (SSSR count). The Morgan fingerprint density at radius 2 is 2.00 bits per heavy atom. The van der Waals surface area contributed by atoms with E-state index >= 15 is 0 Å². The lowest BCUT2D eigenvalue weighted by Crippen LogP contribution is -2.19. The van der Waals surface area contributed by atoms with Crippen molar-refractivity contribution in [2.75, 3.05) is 0 Å². The number of hydrogen-bond acceptors (Lipinski definition) is 1. The smallest absolute Gasteiger partial charge is 0.203 e. The maximum absolute atomic E-state index is 10.5. The van der Waals surface area contributed by atoms with Gasteiger partial charge in [0.25, 0.3) is 0 Å². The van der Waals surface area contributed by atoms with Crippen molar-refractivity contribution in [3.8, 4) is 0 Å². The summed E-state index contributed by atoms with van der Waals surface area (Å²) in [6.07, 6.45) is 0. The van der Waals surface area contributed by atoms with Crippen LogP contribution >= 0.6 is 0 Å². The van der Waals surface area contributed by atoms with Crippen LogP contribution in [0.25, 0.3) is 0 Å². The van der Waals surface area contributed by atoms with Gasteiger partial charge in [-0.25, -0.2) is 0 Å². The highest BCUT2D eigenvalue weighted by Crippen LogP contribution is 1.81. The van der Waals surface area contributed by atoms with Gasteiger partial charge in [0.05, 0.1) is 5.58 Å². The van der Waals surface area contributed by atoms with E-state index in [1.54, 1.807) is 0 Å². The van der Waals surface area contributed by atoms with Crippen molar-refractivity contribution in [2.45, 2.75) is 20.5 Å². The molecule has 0 aliphatic heterocycles. The van der Waals surface area contributed by atoms with E-state index in [2.05, 4.69) is 0 Å². The van der Waals surface area contributed by atoms with Crippen molar-refractivity contribution in [3.05, 3.63) is 0 Å². The van der Waals surface area contributed by atoms with Crippen LogP contribution in [0.2, 0.25) is 20.5 Å². The van der Waals surface area contributed by atoms with Gasteiger partial charge in [-0.05, 0) is 0 Å². The van der Waals surface area contributed by atoms with Crippen molar-refractivity contribution in [1.82, 2.24) is 0 Å². The number of hydrogen-bond donors (Lipinski definition) is 0. The zero-order valence-electron chi connectivity index (χ0n) is 5.19. The molecule has 0 amide bonds.